The maximum atomic E-state index is 11.7. The molecule has 1 N–H and O–H groups in total. The molecule has 1 heterocycles. The second kappa shape index (κ2) is 8.85. The van der Waals surface area contributed by atoms with Gasteiger partial charge >= 0.3 is 5.97 Å². The van der Waals surface area contributed by atoms with E-state index < -0.39 is 5.60 Å². The summed E-state index contributed by atoms with van der Waals surface area (Å²) in [6.07, 6.45) is 7.35. The first-order valence-electron chi connectivity index (χ1n) is 11.1. The average Bonchev–Trinajstić information content (AvgIpc) is 2.64. The topological polar surface area (TPSA) is 59.0 Å². The number of aliphatic hydroxyl groups is 1. The van der Waals surface area contributed by atoms with Gasteiger partial charge in [-0.1, -0.05) is 19.9 Å². The molecule has 0 radical (unpaired) electrons. The SMILES string of the molecule is CO[C@@H]1CCCN(CC(C)[C@@H]2CC[C@@H](C)[C@]3(O)C[C@@H](OC(C)=O)C(C)=C[C@H]23)C1. The Morgan fingerprint density at radius 2 is 2.14 bits per heavy atom. The summed E-state index contributed by atoms with van der Waals surface area (Å²) >= 11 is 0. The number of fused-ring (bicyclic) bond motifs is 1. The van der Waals surface area contributed by atoms with E-state index in [2.05, 4.69) is 24.8 Å². The Labute approximate surface area is 170 Å². The molecule has 7 atom stereocenters. The van der Waals surface area contributed by atoms with Crippen molar-refractivity contribution in [3.8, 4) is 0 Å². The highest BCUT2D eigenvalue weighted by atomic mass is 16.5. The van der Waals surface area contributed by atoms with Crippen LogP contribution in [0.3, 0.4) is 0 Å². The smallest absolute Gasteiger partial charge is 0.303 e. The second-order valence-corrected chi connectivity index (χ2v) is 9.61. The van der Waals surface area contributed by atoms with Crippen molar-refractivity contribution in [1.82, 2.24) is 4.90 Å². The van der Waals surface area contributed by atoms with Gasteiger partial charge in [-0.25, -0.2) is 0 Å². The van der Waals surface area contributed by atoms with Crippen molar-refractivity contribution in [2.45, 2.75) is 77.6 Å². The zero-order valence-electron chi connectivity index (χ0n) is 18.3. The van der Waals surface area contributed by atoms with Crippen molar-refractivity contribution < 1.29 is 19.4 Å². The van der Waals surface area contributed by atoms with Crippen LogP contribution >= 0.6 is 0 Å². The number of rotatable bonds is 5. The molecule has 0 aromatic rings. The van der Waals surface area contributed by atoms with Gasteiger partial charge in [-0.2, -0.15) is 0 Å². The highest BCUT2D eigenvalue weighted by molar-refractivity contribution is 5.66. The first-order valence-corrected chi connectivity index (χ1v) is 11.1. The zero-order valence-corrected chi connectivity index (χ0v) is 18.3. The van der Waals surface area contributed by atoms with Gasteiger partial charge in [0.25, 0.3) is 0 Å². The summed E-state index contributed by atoms with van der Waals surface area (Å²) in [5.74, 6) is 1.05. The van der Waals surface area contributed by atoms with Crippen molar-refractivity contribution in [2.75, 3.05) is 26.7 Å². The minimum Gasteiger partial charge on any atom is -0.458 e. The number of likely N-dealkylation sites (tertiary alicyclic amines) is 1. The number of hydrogen-bond donors (Lipinski definition) is 1. The summed E-state index contributed by atoms with van der Waals surface area (Å²) in [6.45, 7) is 11.2. The van der Waals surface area contributed by atoms with E-state index in [9.17, 15) is 9.90 Å². The average molecular weight is 394 g/mol. The maximum Gasteiger partial charge on any atom is 0.303 e. The van der Waals surface area contributed by atoms with Crippen LogP contribution in [0.1, 0.15) is 59.8 Å². The van der Waals surface area contributed by atoms with Crippen molar-refractivity contribution in [3.63, 3.8) is 0 Å². The van der Waals surface area contributed by atoms with Crippen LogP contribution in [0.15, 0.2) is 11.6 Å². The third-order valence-corrected chi connectivity index (χ3v) is 7.67. The van der Waals surface area contributed by atoms with E-state index in [0.29, 0.717) is 24.4 Å². The quantitative estimate of drug-likeness (QED) is 0.573. The number of piperidine rings is 1. The van der Waals surface area contributed by atoms with E-state index in [1.54, 1.807) is 0 Å². The Bertz CT molecular complexity index is 591. The number of esters is 1. The molecule has 0 spiro atoms. The fourth-order valence-corrected chi connectivity index (χ4v) is 5.91. The molecule has 0 aromatic heterocycles. The molecule has 0 aromatic carbocycles. The van der Waals surface area contributed by atoms with E-state index >= 15 is 0 Å². The fourth-order valence-electron chi connectivity index (χ4n) is 5.91. The van der Waals surface area contributed by atoms with Gasteiger partial charge in [-0.15, -0.1) is 0 Å². The molecular weight excluding hydrogens is 354 g/mol. The van der Waals surface area contributed by atoms with Crippen LogP contribution in [0.25, 0.3) is 0 Å². The van der Waals surface area contributed by atoms with Crippen LogP contribution < -0.4 is 0 Å². The molecule has 0 bridgehead atoms. The van der Waals surface area contributed by atoms with Crippen molar-refractivity contribution in [2.24, 2.45) is 23.7 Å². The largest absolute Gasteiger partial charge is 0.458 e. The first-order chi connectivity index (χ1) is 13.2. The van der Waals surface area contributed by atoms with Crippen molar-refractivity contribution >= 4 is 5.97 Å². The summed E-state index contributed by atoms with van der Waals surface area (Å²) in [6, 6.07) is 0. The lowest BCUT2D eigenvalue weighted by Crippen LogP contribution is -2.56. The summed E-state index contributed by atoms with van der Waals surface area (Å²) in [4.78, 5) is 14.0. The first kappa shape index (κ1) is 21.8. The Kier molecular flexibility index (Phi) is 6.88. The summed E-state index contributed by atoms with van der Waals surface area (Å²) in [5, 5.41) is 11.7. The number of ether oxygens (including phenoxy) is 2. The van der Waals surface area contributed by atoms with Crippen LogP contribution in [-0.2, 0) is 14.3 Å². The zero-order chi connectivity index (χ0) is 20.5. The van der Waals surface area contributed by atoms with Gasteiger partial charge in [-0.05, 0) is 62.5 Å². The Morgan fingerprint density at radius 1 is 1.39 bits per heavy atom. The number of methoxy groups -OCH3 is 1. The van der Waals surface area contributed by atoms with Crippen molar-refractivity contribution in [1.29, 1.82) is 0 Å². The molecule has 1 saturated carbocycles. The second-order valence-electron chi connectivity index (χ2n) is 9.61. The summed E-state index contributed by atoms with van der Waals surface area (Å²) < 4.78 is 11.1. The molecule has 0 amide bonds. The summed E-state index contributed by atoms with van der Waals surface area (Å²) in [5.41, 5.74) is 0.307. The Morgan fingerprint density at radius 3 is 2.82 bits per heavy atom. The minimum absolute atomic E-state index is 0.140. The molecule has 28 heavy (non-hydrogen) atoms. The Hall–Kier alpha value is -0.910. The van der Waals surface area contributed by atoms with Gasteiger partial charge in [0.2, 0.25) is 0 Å². The highest BCUT2D eigenvalue weighted by Crippen LogP contribution is 2.51. The van der Waals surface area contributed by atoms with Crippen LogP contribution in [-0.4, -0.2) is 60.5 Å². The molecular formula is C23H39NO4. The van der Waals surface area contributed by atoms with Crippen LogP contribution in [0.2, 0.25) is 0 Å². The Balaban J connectivity index is 1.75. The molecule has 2 fully saturated rings. The highest BCUT2D eigenvalue weighted by Gasteiger charge is 2.52. The molecule has 1 aliphatic heterocycles. The number of hydrogen-bond acceptors (Lipinski definition) is 5. The van der Waals surface area contributed by atoms with Gasteiger partial charge < -0.3 is 19.5 Å². The van der Waals surface area contributed by atoms with Gasteiger partial charge in [-0.3, -0.25) is 4.79 Å². The van der Waals surface area contributed by atoms with Gasteiger partial charge in [0.05, 0.1) is 11.7 Å². The lowest BCUT2D eigenvalue weighted by atomic mass is 9.57. The van der Waals surface area contributed by atoms with E-state index in [0.717, 1.165) is 44.5 Å². The number of carbonyl (C=O) groups excluding carboxylic acids is 1. The third kappa shape index (κ3) is 4.47. The van der Waals surface area contributed by atoms with E-state index in [4.69, 9.17) is 9.47 Å². The minimum atomic E-state index is -0.784. The standard InChI is InChI=1S/C23H39NO4/c1-15-11-21-20(16(2)13-24-10-6-7-19(14-24)27-5)9-8-17(3)23(21,26)12-22(15)28-18(4)25/h11,16-17,19-22,26H,6-10,12-14H2,1-5H3/t16?,17-,19-,20+,21-,22-,23-/m1/s1. The van der Waals surface area contributed by atoms with E-state index in [-0.39, 0.29) is 23.9 Å². The van der Waals surface area contributed by atoms with Crippen LogP contribution in [0.4, 0.5) is 0 Å². The van der Waals surface area contributed by atoms with E-state index in [1.165, 1.54) is 13.3 Å². The molecule has 1 unspecified atom stereocenters. The molecule has 1 saturated heterocycles. The van der Waals surface area contributed by atoms with Gasteiger partial charge in [0, 0.05) is 39.5 Å². The molecule has 160 valence electrons. The van der Waals surface area contributed by atoms with Gasteiger partial charge in [0.15, 0.2) is 0 Å². The number of nitrogens with zero attached hydrogens (tertiary/aromatic N) is 1. The third-order valence-electron chi connectivity index (χ3n) is 7.67. The molecule has 5 nitrogen and oxygen atoms in total. The summed E-state index contributed by atoms with van der Waals surface area (Å²) in [7, 11) is 1.81. The molecule has 3 rings (SSSR count). The molecule has 2 aliphatic carbocycles. The molecule has 3 aliphatic rings. The van der Waals surface area contributed by atoms with Crippen molar-refractivity contribution in [3.05, 3.63) is 11.6 Å². The van der Waals surface area contributed by atoms with Crippen LogP contribution in [0.5, 0.6) is 0 Å². The maximum absolute atomic E-state index is 11.7. The van der Waals surface area contributed by atoms with E-state index in [1.807, 2.05) is 14.0 Å². The fraction of sp³-hybridized carbons (Fsp3) is 0.870. The lowest BCUT2D eigenvalue weighted by molar-refractivity contribution is -0.159. The monoisotopic (exact) mass is 393 g/mol. The predicted octanol–water partition coefficient (Wildman–Crippen LogP) is 3.41. The lowest BCUT2D eigenvalue weighted by Gasteiger charge is -2.53. The van der Waals surface area contributed by atoms with Crippen LogP contribution in [0, 0.1) is 23.7 Å². The number of carbonyl (C=O) groups is 1. The molecule has 5 heteroatoms. The normalized spacial score (nSPS) is 40.4. The van der Waals surface area contributed by atoms with Gasteiger partial charge in [0.1, 0.15) is 6.10 Å². The predicted molar refractivity (Wildman–Crippen MR) is 110 cm³/mol.